The first kappa shape index (κ1) is 14.6. The molecule has 2 atom stereocenters. The third kappa shape index (κ3) is 2.57. The lowest BCUT2D eigenvalue weighted by Crippen LogP contribution is -2.21. The van der Waals surface area contributed by atoms with E-state index in [0.29, 0.717) is 22.5 Å². The summed E-state index contributed by atoms with van der Waals surface area (Å²) in [5.41, 5.74) is 6.22. The molecule has 1 aromatic carbocycles. The fraction of sp³-hybridized carbons (Fsp3) is 0.538. The number of likely N-dealkylation sites (tertiary alicyclic amines) is 1. The van der Waals surface area contributed by atoms with Crippen LogP contribution < -0.4 is 10.5 Å². The molecule has 1 aliphatic rings. The number of nitrogens with two attached hydrogens (primary N) is 1. The maximum Gasteiger partial charge on any atom is 0.175 e. The molecule has 0 aromatic heterocycles. The Labute approximate surface area is 120 Å². The molecule has 1 aliphatic heterocycles. The molecule has 1 aromatic rings. The maximum absolute atomic E-state index is 14.2. The van der Waals surface area contributed by atoms with Gasteiger partial charge in [0.1, 0.15) is 5.82 Å². The summed E-state index contributed by atoms with van der Waals surface area (Å²) in [4.78, 5) is 2.08. The van der Waals surface area contributed by atoms with Crippen LogP contribution in [0.3, 0.4) is 0 Å². The Morgan fingerprint density at radius 3 is 2.84 bits per heavy atom. The van der Waals surface area contributed by atoms with Gasteiger partial charge in [-0.2, -0.15) is 0 Å². The molecule has 1 heterocycles. The minimum absolute atomic E-state index is 0.0579. The van der Waals surface area contributed by atoms with E-state index in [2.05, 4.69) is 20.8 Å². The molecule has 2 rings (SSSR count). The van der Waals surface area contributed by atoms with E-state index in [9.17, 15) is 9.50 Å². The minimum atomic E-state index is -0.431. The molecule has 6 heteroatoms. The lowest BCUT2D eigenvalue weighted by Gasteiger charge is -2.22. The van der Waals surface area contributed by atoms with E-state index in [4.69, 9.17) is 10.5 Å². The molecule has 0 saturated carbocycles. The van der Waals surface area contributed by atoms with Crippen LogP contribution in [0.5, 0.6) is 11.5 Å². The second kappa shape index (κ2) is 5.64. The van der Waals surface area contributed by atoms with E-state index < -0.39 is 5.82 Å². The number of hydrogen-bond donors (Lipinski definition) is 2. The summed E-state index contributed by atoms with van der Waals surface area (Å²) < 4.78 is 19.8. The average molecular weight is 333 g/mol. The van der Waals surface area contributed by atoms with Gasteiger partial charge >= 0.3 is 0 Å². The van der Waals surface area contributed by atoms with Gasteiger partial charge < -0.3 is 15.6 Å². The number of aromatic hydroxyl groups is 1. The highest BCUT2D eigenvalue weighted by molar-refractivity contribution is 9.10. The van der Waals surface area contributed by atoms with Crippen molar-refractivity contribution in [1.29, 1.82) is 0 Å². The number of halogens is 2. The van der Waals surface area contributed by atoms with Crippen molar-refractivity contribution >= 4 is 15.9 Å². The van der Waals surface area contributed by atoms with Gasteiger partial charge in [0.2, 0.25) is 0 Å². The Morgan fingerprint density at radius 2 is 2.32 bits per heavy atom. The third-order valence-corrected chi connectivity index (χ3v) is 4.48. The van der Waals surface area contributed by atoms with Crippen molar-refractivity contribution < 1.29 is 14.2 Å². The summed E-state index contributed by atoms with van der Waals surface area (Å²) >= 11 is 3.34. The molecular weight excluding hydrogens is 315 g/mol. The molecule has 4 nitrogen and oxygen atoms in total. The highest BCUT2D eigenvalue weighted by Crippen LogP contribution is 2.45. The molecule has 0 spiro atoms. The normalized spacial score (nSPS) is 23.8. The minimum Gasteiger partial charge on any atom is -0.504 e. The van der Waals surface area contributed by atoms with Crippen LogP contribution in [0.25, 0.3) is 0 Å². The summed E-state index contributed by atoms with van der Waals surface area (Å²) in [5.74, 6) is -0.00607. The number of hydrogen-bond acceptors (Lipinski definition) is 4. The van der Waals surface area contributed by atoms with Gasteiger partial charge in [-0.25, -0.2) is 4.39 Å². The van der Waals surface area contributed by atoms with Crippen molar-refractivity contribution in [3.63, 3.8) is 0 Å². The second-order valence-electron chi connectivity index (χ2n) is 4.93. The highest BCUT2D eigenvalue weighted by Gasteiger charge is 2.34. The topological polar surface area (TPSA) is 58.7 Å². The highest BCUT2D eigenvalue weighted by atomic mass is 79.9. The molecule has 2 unspecified atom stereocenters. The Kier molecular flexibility index (Phi) is 4.32. The van der Waals surface area contributed by atoms with Crippen LogP contribution in [-0.4, -0.2) is 37.3 Å². The molecule has 1 fully saturated rings. The smallest absolute Gasteiger partial charge is 0.175 e. The monoisotopic (exact) mass is 332 g/mol. The van der Waals surface area contributed by atoms with Crippen molar-refractivity contribution in [1.82, 2.24) is 4.90 Å². The maximum atomic E-state index is 14.2. The Morgan fingerprint density at radius 1 is 1.63 bits per heavy atom. The van der Waals surface area contributed by atoms with E-state index >= 15 is 0 Å². The number of phenolic OH excluding ortho intramolecular Hbond substituents is 1. The lowest BCUT2D eigenvalue weighted by atomic mass is 9.99. The zero-order valence-corrected chi connectivity index (χ0v) is 12.6. The van der Waals surface area contributed by atoms with Crippen molar-refractivity contribution in [2.45, 2.75) is 12.5 Å². The fourth-order valence-electron chi connectivity index (χ4n) is 2.72. The molecule has 0 radical (unpaired) electrons. The summed E-state index contributed by atoms with van der Waals surface area (Å²) in [6.45, 7) is 1.44. The number of phenols is 1. The van der Waals surface area contributed by atoms with Crippen LogP contribution in [0.2, 0.25) is 0 Å². The molecule has 0 aliphatic carbocycles. The zero-order chi connectivity index (χ0) is 14.2. The van der Waals surface area contributed by atoms with Crippen molar-refractivity contribution in [3.8, 4) is 11.5 Å². The van der Waals surface area contributed by atoms with Crippen molar-refractivity contribution in [2.24, 2.45) is 11.7 Å². The number of benzene rings is 1. The van der Waals surface area contributed by atoms with Crippen LogP contribution in [0.1, 0.15) is 18.0 Å². The number of methoxy groups -OCH3 is 1. The van der Waals surface area contributed by atoms with Gasteiger partial charge in [-0.3, -0.25) is 4.90 Å². The van der Waals surface area contributed by atoms with E-state index in [0.717, 1.165) is 19.0 Å². The summed E-state index contributed by atoms with van der Waals surface area (Å²) in [7, 11) is 3.40. The molecular formula is C13H18BrFN2O2. The SMILES string of the molecule is COc1c(O)cc(F)c(C2CC(CN)CN2C)c1Br. The first-order valence-electron chi connectivity index (χ1n) is 6.14. The first-order chi connectivity index (χ1) is 8.99. The van der Waals surface area contributed by atoms with Gasteiger partial charge in [-0.15, -0.1) is 0 Å². The molecule has 1 saturated heterocycles. The number of ether oxygens (including phenoxy) is 1. The lowest BCUT2D eigenvalue weighted by molar-refractivity contribution is 0.302. The molecule has 0 amide bonds. The summed E-state index contributed by atoms with van der Waals surface area (Å²) in [5, 5.41) is 9.67. The average Bonchev–Trinajstić information content (AvgIpc) is 2.71. The molecule has 0 bridgehead atoms. The van der Waals surface area contributed by atoms with Crippen LogP contribution >= 0.6 is 15.9 Å². The predicted molar refractivity (Wildman–Crippen MR) is 74.8 cm³/mol. The molecule has 19 heavy (non-hydrogen) atoms. The number of rotatable bonds is 3. The van der Waals surface area contributed by atoms with Gasteiger partial charge in [-0.1, -0.05) is 0 Å². The van der Waals surface area contributed by atoms with Gasteiger partial charge in [0, 0.05) is 24.2 Å². The largest absolute Gasteiger partial charge is 0.504 e. The summed E-state index contributed by atoms with van der Waals surface area (Å²) in [6, 6.07) is 1.04. The third-order valence-electron chi connectivity index (χ3n) is 3.69. The molecule has 3 N–H and O–H groups in total. The van der Waals surface area contributed by atoms with Gasteiger partial charge in [0.15, 0.2) is 11.5 Å². The Bertz CT molecular complexity index is 484. The van der Waals surface area contributed by atoms with E-state index in [-0.39, 0.29) is 17.5 Å². The van der Waals surface area contributed by atoms with E-state index in [1.54, 1.807) is 0 Å². The quantitative estimate of drug-likeness (QED) is 0.891. The zero-order valence-electron chi connectivity index (χ0n) is 11.0. The summed E-state index contributed by atoms with van der Waals surface area (Å²) in [6.07, 6.45) is 0.802. The van der Waals surface area contributed by atoms with Crippen molar-refractivity contribution in [3.05, 3.63) is 21.9 Å². The van der Waals surface area contributed by atoms with E-state index in [1.165, 1.54) is 7.11 Å². The van der Waals surface area contributed by atoms with Gasteiger partial charge in [-0.05, 0) is 41.9 Å². The van der Waals surface area contributed by atoms with E-state index in [1.807, 2.05) is 7.05 Å². The van der Waals surface area contributed by atoms with Crippen LogP contribution in [0.4, 0.5) is 4.39 Å². The van der Waals surface area contributed by atoms with Gasteiger partial charge in [0.25, 0.3) is 0 Å². The van der Waals surface area contributed by atoms with Crippen LogP contribution in [0.15, 0.2) is 10.5 Å². The fourth-order valence-corrected chi connectivity index (χ4v) is 3.53. The van der Waals surface area contributed by atoms with Crippen LogP contribution in [0, 0.1) is 11.7 Å². The second-order valence-corrected chi connectivity index (χ2v) is 5.72. The number of nitrogens with zero attached hydrogens (tertiary/aromatic N) is 1. The Balaban J connectivity index is 2.45. The standard InChI is InChI=1S/C13H18BrFN2O2/c1-17-6-7(5-16)3-9(17)11-8(15)4-10(18)13(19-2)12(11)14/h4,7,9,18H,3,5-6,16H2,1-2H3. The predicted octanol–water partition coefficient (Wildman–Crippen LogP) is 2.25. The Hall–Kier alpha value is -0.850. The van der Waals surface area contributed by atoms with Gasteiger partial charge in [0.05, 0.1) is 11.6 Å². The van der Waals surface area contributed by atoms with Crippen LogP contribution in [-0.2, 0) is 0 Å². The van der Waals surface area contributed by atoms with Crippen molar-refractivity contribution in [2.75, 3.05) is 27.2 Å². The molecule has 106 valence electrons. The first-order valence-corrected chi connectivity index (χ1v) is 6.94.